The minimum absolute atomic E-state index is 0.196. The van der Waals surface area contributed by atoms with E-state index in [-0.39, 0.29) is 12.4 Å². The van der Waals surface area contributed by atoms with E-state index in [1.807, 2.05) is 48.5 Å². The van der Waals surface area contributed by atoms with Crippen molar-refractivity contribution in [2.75, 3.05) is 0 Å². The summed E-state index contributed by atoms with van der Waals surface area (Å²) in [6.45, 7) is 0. The van der Waals surface area contributed by atoms with Crippen molar-refractivity contribution in [3.8, 4) is 5.75 Å². The highest BCUT2D eigenvalue weighted by atomic mass is 35.5. The summed E-state index contributed by atoms with van der Waals surface area (Å²) in [6.07, 6.45) is 0.196. The Kier molecular flexibility index (Phi) is 3.71. The second-order valence-electron chi connectivity index (χ2n) is 5.53. The van der Waals surface area contributed by atoms with Crippen LogP contribution in [0.4, 0.5) is 0 Å². The van der Waals surface area contributed by atoms with Gasteiger partial charge in [-0.3, -0.25) is 4.79 Å². The van der Waals surface area contributed by atoms with Crippen LogP contribution in [0.15, 0.2) is 71.1 Å². The summed E-state index contributed by atoms with van der Waals surface area (Å²) in [6, 6.07) is 20.3. The molecule has 24 heavy (non-hydrogen) atoms. The molecule has 4 heteroatoms. The third-order valence-electron chi connectivity index (χ3n) is 3.84. The smallest absolute Gasteiger partial charge is 0.315 e. The lowest BCUT2D eigenvalue weighted by Gasteiger charge is -2.05. The first-order valence-electron chi connectivity index (χ1n) is 7.55. The Balaban J connectivity index is 1.58. The third-order valence-corrected chi connectivity index (χ3v) is 4.09. The average molecular weight is 337 g/mol. The van der Waals surface area contributed by atoms with Gasteiger partial charge in [0.05, 0.1) is 6.42 Å². The SMILES string of the molecule is O=C(Cc1ccc(Cl)cc1)Oc1ccc2oc3ccccc3c2c1. The van der Waals surface area contributed by atoms with Crippen LogP contribution in [0.1, 0.15) is 5.56 Å². The fourth-order valence-corrected chi connectivity index (χ4v) is 2.83. The molecule has 1 aromatic heterocycles. The first-order chi connectivity index (χ1) is 11.7. The van der Waals surface area contributed by atoms with Gasteiger partial charge in [0, 0.05) is 15.8 Å². The molecule has 1 heterocycles. The van der Waals surface area contributed by atoms with Gasteiger partial charge in [0.1, 0.15) is 16.9 Å². The zero-order chi connectivity index (χ0) is 16.5. The maximum Gasteiger partial charge on any atom is 0.315 e. The number of furan rings is 1. The first-order valence-corrected chi connectivity index (χ1v) is 7.93. The van der Waals surface area contributed by atoms with E-state index in [2.05, 4.69) is 0 Å². The quantitative estimate of drug-likeness (QED) is 0.372. The first kappa shape index (κ1) is 14.8. The number of benzene rings is 3. The lowest BCUT2D eigenvalue weighted by Crippen LogP contribution is -2.11. The van der Waals surface area contributed by atoms with Crippen molar-refractivity contribution in [1.29, 1.82) is 0 Å². The van der Waals surface area contributed by atoms with Gasteiger partial charge in [0.25, 0.3) is 0 Å². The van der Waals surface area contributed by atoms with Gasteiger partial charge in [0.15, 0.2) is 0 Å². The molecule has 0 saturated carbocycles. The molecule has 4 aromatic rings. The maximum absolute atomic E-state index is 12.1. The second-order valence-corrected chi connectivity index (χ2v) is 5.97. The Morgan fingerprint density at radius 1 is 0.917 bits per heavy atom. The number of para-hydroxylation sites is 1. The van der Waals surface area contributed by atoms with Gasteiger partial charge in [-0.1, -0.05) is 41.9 Å². The van der Waals surface area contributed by atoms with E-state index >= 15 is 0 Å². The maximum atomic E-state index is 12.1. The number of halogens is 1. The van der Waals surface area contributed by atoms with Crippen LogP contribution in [-0.2, 0) is 11.2 Å². The largest absolute Gasteiger partial charge is 0.456 e. The molecule has 0 aliphatic rings. The normalized spacial score (nSPS) is 11.0. The predicted molar refractivity (Wildman–Crippen MR) is 94.5 cm³/mol. The lowest BCUT2D eigenvalue weighted by atomic mass is 10.1. The standard InChI is InChI=1S/C20H13ClO3/c21-14-7-5-13(6-8-14)11-20(22)23-15-9-10-19-17(12-15)16-3-1-2-4-18(16)24-19/h1-10,12H,11H2. The Morgan fingerprint density at radius 3 is 2.50 bits per heavy atom. The van der Waals surface area contributed by atoms with E-state index in [0.717, 1.165) is 27.5 Å². The highest BCUT2D eigenvalue weighted by molar-refractivity contribution is 6.30. The van der Waals surface area contributed by atoms with E-state index in [4.69, 9.17) is 20.8 Å². The molecule has 118 valence electrons. The van der Waals surface area contributed by atoms with Gasteiger partial charge < -0.3 is 9.15 Å². The molecule has 0 fully saturated rings. The monoisotopic (exact) mass is 336 g/mol. The summed E-state index contributed by atoms with van der Waals surface area (Å²) in [5, 5.41) is 2.58. The van der Waals surface area contributed by atoms with E-state index in [1.165, 1.54) is 0 Å². The lowest BCUT2D eigenvalue weighted by molar-refractivity contribution is -0.133. The summed E-state index contributed by atoms with van der Waals surface area (Å²) in [5.41, 5.74) is 2.45. The molecule has 0 bridgehead atoms. The molecular weight excluding hydrogens is 324 g/mol. The van der Waals surface area contributed by atoms with Crippen molar-refractivity contribution in [3.05, 3.63) is 77.3 Å². The van der Waals surface area contributed by atoms with Gasteiger partial charge in [-0.2, -0.15) is 0 Å². The van der Waals surface area contributed by atoms with E-state index in [0.29, 0.717) is 10.8 Å². The average Bonchev–Trinajstić information content (AvgIpc) is 2.95. The van der Waals surface area contributed by atoms with Crippen LogP contribution in [0.2, 0.25) is 5.02 Å². The van der Waals surface area contributed by atoms with Crippen LogP contribution in [-0.4, -0.2) is 5.97 Å². The summed E-state index contributed by atoms with van der Waals surface area (Å²) in [7, 11) is 0. The van der Waals surface area contributed by atoms with Crippen LogP contribution in [0.25, 0.3) is 21.9 Å². The molecular formula is C20H13ClO3. The highest BCUT2D eigenvalue weighted by Gasteiger charge is 2.10. The molecule has 0 radical (unpaired) electrons. The Morgan fingerprint density at radius 2 is 1.67 bits per heavy atom. The van der Waals surface area contributed by atoms with Gasteiger partial charge >= 0.3 is 5.97 Å². The van der Waals surface area contributed by atoms with Crippen LogP contribution >= 0.6 is 11.6 Å². The molecule has 0 spiro atoms. The molecule has 0 unspecified atom stereocenters. The minimum atomic E-state index is -0.315. The van der Waals surface area contributed by atoms with E-state index in [1.54, 1.807) is 18.2 Å². The number of rotatable bonds is 3. The van der Waals surface area contributed by atoms with Crippen molar-refractivity contribution in [3.63, 3.8) is 0 Å². The zero-order valence-corrected chi connectivity index (χ0v) is 13.4. The van der Waals surface area contributed by atoms with Crippen molar-refractivity contribution >= 4 is 39.5 Å². The van der Waals surface area contributed by atoms with Crippen molar-refractivity contribution < 1.29 is 13.9 Å². The highest BCUT2D eigenvalue weighted by Crippen LogP contribution is 2.31. The topological polar surface area (TPSA) is 39.4 Å². The van der Waals surface area contributed by atoms with Crippen molar-refractivity contribution in [2.45, 2.75) is 6.42 Å². The molecule has 0 aliphatic carbocycles. The second kappa shape index (κ2) is 6.02. The fraction of sp³-hybridized carbons (Fsp3) is 0.0500. The summed E-state index contributed by atoms with van der Waals surface area (Å²) in [5.74, 6) is 0.192. The predicted octanol–water partition coefficient (Wildman–Crippen LogP) is 5.39. The van der Waals surface area contributed by atoms with Crippen LogP contribution in [0.3, 0.4) is 0 Å². The molecule has 0 N–H and O–H groups in total. The Labute approximate surface area is 143 Å². The van der Waals surface area contributed by atoms with Gasteiger partial charge in [0.2, 0.25) is 0 Å². The number of carbonyl (C=O) groups is 1. The van der Waals surface area contributed by atoms with Gasteiger partial charge in [-0.05, 0) is 42.0 Å². The summed E-state index contributed by atoms with van der Waals surface area (Å²) >= 11 is 5.85. The molecule has 0 saturated heterocycles. The number of esters is 1. The Bertz CT molecular complexity index is 1030. The van der Waals surface area contributed by atoms with Crippen molar-refractivity contribution in [2.24, 2.45) is 0 Å². The molecule has 3 aromatic carbocycles. The van der Waals surface area contributed by atoms with Gasteiger partial charge in [-0.25, -0.2) is 0 Å². The zero-order valence-electron chi connectivity index (χ0n) is 12.7. The van der Waals surface area contributed by atoms with E-state index in [9.17, 15) is 4.79 Å². The molecule has 3 nitrogen and oxygen atoms in total. The third kappa shape index (κ3) is 2.86. The number of fused-ring (bicyclic) bond motifs is 3. The number of carbonyl (C=O) groups excluding carboxylic acids is 1. The summed E-state index contributed by atoms with van der Waals surface area (Å²) < 4.78 is 11.2. The van der Waals surface area contributed by atoms with Crippen LogP contribution < -0.4 is 4.74 Å². The molecule has 0 atom stereocenters. The summed E-state index contributed by atoms with van der Waals surface area (Å²) in [4.78, 5) is 12.1. The van der Waals surface area contributed by atoms with Crippen LogP contribution in [0.5, 0.6) is 5.75 Å². The van der Waals surface area contributed by atoms with Crippen LogP contribution in [0, 0.1) is 0 Å². The molecule has 0 amide bonds. The van der Waals surface area contributed by atoms with Crippen molar-refractivity contribution in [1.82, 2.24) is 0 Å². The number of hydrogen-bond acceptors (Lipinski definition) is 3. The van der Waals surface area contributed by atoms with E-state index < -0.39 is 0 Å². The fourth-order valence-electron chi connectivity index (χ4n) is 2.71. The Hall–Kier alpha value is -2.78. The molecule has 0 aliphatic heterocycles. The number of hydrogen-bond donors (Lipinski definition) is 0. The number of ether oxygens (including phenoxy) is 1. The molecule has 4 rings (SSSR count). The minimum Gasteiger partial charge on any atom is -0.456 e. The van der Waals surface area contributed by atoms with Gasteiger partial charge in [-0.15, -0.1) is 0 Å².